The lowest BCUT2D eigenvalue weighted by molar-refractivity contribution is -0.396. The van der Waals surface area contributed by atoms with Crippen LogP contribution in [0.15, 0.2) is 23.1 Å². The van der Waals surface area contributed by atoms with E-state index in [1.807, 2.05) is 6.92 Å². The minimum absolute atomic E-state index is 0.194. The lowest BCUT2D eigenvalue weighted by Crippen LogP contribution is -1.94. The van der Waals surface area contributed by atoms with Gasteiger partial charge in [-0.2, -0.15) is 0 Å². The molecule has 0 aliphatic heterocycles. The first-order valence-corrected chi connectivity index (χ1v) is 6.10. The Hall–Kier alpha value is -1.63. The van der Waals surface area contributed by atoms with Crippen LogP contribution in [0.2, 0.25) is 0 Å². The van der Waals surface area contributed by atoms with Crippen LogP contribution in [0.3, 0.4) is 0 Å². The number of nitrogens with zero attached hydrogens (tertiary/aromatic N) is 2. The van der Waals surface area contributed by atoms with E-state index in [1.54, 1.807) is 0 Å². The highest BCUT2D eigenvalue weighted by atomic mass is 32.2. The maximum atomic E-state index is 10.8. The summed E-state index contributed by atoms with van der Waals surface area (Å²) in [5.41, 5.74) is -0.447. The molecule has 1 aromatic carbocycles. The average Bonchev–Trinajstić information content (AvgIpc) is 2.29. The van der Waals surface area contributed by atoms with Crippen LogP contribution in [-0.2, 0) is 0 Å². The molecule has 0 saturated carbocycles. The maximum absolute atomic E-state index is 10.8. The second-order valence-corrected chi connectivity index (χ2v) is 4.51. The molecule has 7 heteroatoms. The molecule has 0 N–H and O–H groups in total. The van der Waals surface area contributed by atoms with E-state index in [9.17, 15) is 20.2 Å². The van der Waals surface area contributed by atoms with Gasteiger partial charge in [0.2, 0.25) is 0 Å². The van der Waals surface area contributed by atoms with E-state index in [0.29, 0.717) is 4.90 Å². The zero-order valence-corrected chi connectivity index (χ0v) is 10.1. The van der Waals surface area contributed by atoms with E-state index < -0.39 is 9.85 Å². The van der Waals surface area contributed by atoms with Crippen molar-refractivity contribution in [3.63, 3.8) is 0 Å². The zero-order valence-electron chi connectivity index (χ0n) is 9.29. The quantitative estimate of drug-likeness (QED) is 0.337. The lowest BCUT2D eigenvalue weighted by atomic mass is 10.3. The molecule has 0 heterocycles. The molecule has 0 amide bonds. The van der Waals surface area contributed by atoms with Crippen LogP contribution in [-0.4, -0.2) is 15.6 Å². The van der Waals surface area contributed by atoms with Gasteiger partial charge in [0.05, 0.1) is 20.8 Å². The average molecular weight is 256 g/mol. The van der Waals surface area contributed by atoms with Crippen molar-refractivity contribution in [1.29, 1.82) is 0 Å². The summed E-state index contributed by atoms with van der Waals surface area (Å²) in [5, 5.41) is 21.3. The molecule has 0 radical (unpaired) electrons. The predicted molar refractivity (Wildman–Crippen MR) is 65.4 cm³/mol. The van der Waals surface area contributed by atoms with Gasteiger partial charge in [-0.15, -0.1) is 11.8 Å². The summed E-state index contributed by atoms with van der Waals surface area (Å²) in [6.07, 6.45) is 1.96. The Labute approximate surface area is 102 Å². The number of rotatable bonds is 6. The van der Waals surface area contributed by atoms with E-state index in [0.717, 1.165) is 24.7 Å². The first kappa shape index (κ1) is 13.4. The van der Waals surface area contributed by atoms with Crippen molar-refractivity contribution in [3.8, 4) is 0 Å². The van der Waals surface area contributed by atoms with Gasteiger partial charge in [-0.25, -0.2) is 0 Å². The summed E-state index contributed by atoms with van der Waals surface area (Å²) >= 11 is 1.36. The summed E-state index contributed by atoms with van der Waals surface area (Å²) in [4.78, 5) is 20.6. The third kappa shape index (κ3) is 3.70. The van der Waals surface area contributed by atoms with E-state index in [2.05, 4.69) is 0 Å². The minimum Gasteiger partial charge on any atom is -0.258 e. The van der Waals surface area contributed by atoms with Crippen molar-refractivity contribution < 1.29 is 9.85 Å². The first-order chi connectivity index (χ1) is 8.06. The summed E-state index contributed by atoms with van der Waals surface area (Å²) in [7, 11) is 0. The van der Waals surface area contributed by atoms with E-state index in [4.69, 9.17) is 0 Å². The molecule has 0 aliphatic carbocycles. The molecule has 6 nitrogen and oxygen atoms in total. The Balaban J connectivity index is 2.96. The number of non-ortho nitro benzene ring substituents is 1. The second-order valence-electron chi connectivity index (χ2n) is 3.37. The lowest BCUT2D eigenvalue weighted by Gasteiger charge is -2.02. The topological polar surface area (TPSA) is 86.3 Å². The number of thioether (sulfide) groups is 1. The number of unbranched alkanes of at least 4 members (excludes halogenated alkanes) is 1. The number of benzene rings is 1. The summed E-state index contributed by atoms with van der Waals surface area (Å²) in [5.74, 6) is 0.773. The van der Waals surface area contributed by atoms with Crippen LogP contribution in [0.1, 0.15) is 19.8 Å². The van der Waals surface area contributed by atoms with Crippen molar-refractivity contribution in [2.75, 3.05) is 5.75 Å². The fourth-order valence-corrected chi connectivity index (χ4v) is 2.31. The molecule has 1 aromatic rings. The zero-order chi connectivity index (χ0) is 12.8. The molecule has 0 aromatic heterocycles. The molecule has 0 atom stereocenters. The number of hydrogen-bond acceptors (Lipinski definition) is 5. The molecule has 0 aliphatic rings. The molecular weight excluding hydrogens is 244 g/mol. The Morgan fingerprint density at radius 2 is 1.94 bits per heavy atom. The van der Waals surface area contributed by atoms with Crippen molar-refractivity contribution in [1.82, 2.24) is 0 Å². The largest absolute Gasteiger partial charge is 0.289 e. The van der Waals surface area contributed by atoms with Crippen molar-refractivity contribution in [2.45, 2.75) is 24.7 Å². The first-order valence-electron chi connectivity index (χ1n) is 5.12. The highest BCUT2D eigenvalue weighted by molar-refractivity contribution is 7.99. The van der Waals surface area contributed by atoms with Crippen molar-refractivity contribution >= 4 is 23.1 Å². The Bertz CT molecular complexity index is 436. The second kappa shape index (κ2) is 6.19. The molecule has 92 valence electrons. The maximum Gasteiger partial charge on any atom is 0.289 e. The summed E-state index contributed by atoms with van der Waals surface area (Å²) in [6.45, 7) is 2.03. The van der Waals surface area contributed by atoms with Gasteiger partial charge in [0.1, 0.15) is 0 Å². The Kier molecular flexibility index (Phi) is 4.89. The number of nitro groups is 2. The van der Waals surface area contributed by atoms with Gasteiger partial charge in [-0.05, 0) is 18.2 Å². The van der Waals surface area contributed by atoms with E-state index in [1.165, 1.54) is 23.9 Å². The summed E-state index contributed by atoms with van der Waals surface area (Å²) < 4.78 is 0. The van der Waals surface area contributed by atoms with Crippen LogP contribution in [0, 0.1) is 20.2 Å². The monoisotopic (exact) mass is 256 g/mol. The normalized spacial score (nSPS) is 10.2. The van der Waals surface area contributed by atoms with E-state index >= 15 is 0 Å². The molecule has 1 rings (SSSR count). The van der Waals surface area contributed by atoms with Crippen molar-refractivity contribution in [2.24, 2.45) is 0 Å². The molecule has 0 unspecified atom stereocenters. The van der Waals surface area contributed by atoms with Crippen LogP contribution < -0.4 is 0 Å². The fraction of sp³-hybridized carbons (Fsp3) is 0.400. The molecule has 0 saturated heterocycles. The standard InChI is InChI=1S/C10H12N2O4S/c1-2-3-6-17-10-5-4-8(11(13)14)7-9(10)12(15)16/h4-5,7H,2-3,6H2,1H3. The SMILES string of the molecule is CCCCSc1ccc([N+](=O)[O-])cc1[N+](=O)[O-]. The van der Waals surface area contributed by atoms with Gasteiger partial charge >= 0.3 is 0 Å². The van der Waals surface area contributed by atoms with Crippen LogP contribution in [0.25, 0.3) is 0 Å². The van der Waals surface area contributed by atoms with Crippen molar-refractivity contribution in [3.05, 3.63) is 38.4 Å². The highest BCUT2D eigenvalue weighted by Gasteiger charge is 2.19. The van der Waals surface area contributed by atoms with Crippen LogP contribution >= 0.6 is 11.8 Å². The summed E-state index contributed by atoms with van der Waals surface area (Å²) in [6, 6.07) is 3.74. The third-order valence-corrected chi connectivity index (χ3v) is 3.25. The molecule has 17 heavy (non-hydrogen) atoms. The van der Waals surface area contributed by atoms with Gasteiger partial charge in [-0.3, -0.25) is 20.2 Å². The number of nitro benzene ring substituents is 2. The molecule has 0 fully saturated rings. The van der Waals surface area contributed by atoms with E-state index in [-0.39, 0.29) is 11.4 Å². The smallest absolute Gasteiger partial charge is 0.258 e. The Morgan fingerprint density at radius 3 is 2.47 bits per heavy atom. The number of hydrogen-bond donors (Lipinski definition) is 0. The third-order valence-electron chi connectivity index (χ3n) is 2.11. The van der Waals surface area contributed by atoms with Gasteiger partial charge in [-0.1, -0.05) is 13.3 Å². The van der Waals surface area contributed by atoms with Crippen LogP contribution in [0.4, 0.5) is 11.4 Å². The van der Waals surface area contributed by atoms with Gasteiger partial charge in [0.15, 0.2) is 0 Å². The van der Waals surface area contributed by atoms with Crippen LogP contribution in [0.5, 0.6) is 0 Å². The van der Waals surface area contributed by atoms with Gasteiger partial charge < -0.3 is 0 Å². The van der Waals surface area contributed by atoms with Gasteiger partial charge in [0, 0.05) is 6.07 Å². The fourth-order valence-electron chi connectivity index (χ4n) is 1.21. The highest BCUT2D eigenvalue weighted by Crippen LogP contribution is 2.32. The predicted octanol–water partition coefficient (Wildman–Crippen LogP) is 3.40. The molecule has 0 spiro atoms. The minimum atomic E-state index is -0.631. The molecular formula is C10H12N2O4S. The Morgan fingerprint density at radius 1 is 1.24 bits per heavy atom. The molecule has 0 bridgehead atoms. The van der Waals surface area contributed by atoms with Gasteiger partial charge in [0.25, 0.3) is 11.4 Å².